The molecule has 3 amide bonds. The van der Waals surface area contributed by atoms with Crippen LogP contribution in [0, 0.1) is 11.3 Å². The quantitative estimate of drug-likeness (QED) is 0.718. The lowest BCUT2D eigenvalue weighted by atomic mass is 9.67. The minimum Gasteiger partial charge on any atom is -0.351 e. The fourth-order valence-corrected chi connectivity index (χ4v) is 4.35. The lowest BCUT2D eigenvalue weighted by molar-refractivity contribution is -0.134. The van der Waals surface area contributed by atoms with Crippen LogP contribution in [0.2, 0.25) is 0 Å². The molecule has 3 atom stereocenters. The normalized spacial score (nSPS) is 32.8. The van der Waals surface area contributed by atoms with E-state index in [0.717, 1.165) is 45.3 Å². The van der Waals surface area contributed by atoms with Gasteiger partial charge in [0.25, 0.3) is 0 Å². The number of hydrogen-bond donors (Lipinski definition) is 3. The number of amides is 3. The van der Waals surface area contributed by atoms with Crippen molar-refractivity contribution in [2.24, 2.45) is 11.3 Å². The zero-order valence-corrected chi connectivity index (χ0v) is 14.7. The number of carbonyl (C=O) groups excluding carboxylic acids is 2. The van der Waals surface area contributed by atoms with Crippen LogP contribution in [0.15, 0.2) is 0 Å². The van der Waals surface area contributed by atoms with Gasteiger partial charge in [0.05, 0.1) is 5.41 Å². The lowest BCUT2D eigenvalue weighted by Gasteiger charge is -2.37. The average molecular weight is 345 g/mol. The van der Waals surface area contributed by atoms with Crippen LogP contribution in [0.3, 0.4) is 0 Å². The molecule has 0 aromatic carbocycles. The number of halogens is 1. The highest BCUT2D eigenvalue weighted by atomic mass is 35.5. The lowest BCUT2D eigenvalue weighted by Crippen LogP contribution is -2.51. The van der Waals surface area contributed by atoms with Crippen molar-refractivity contribution in [3.63, 3.8) is 0 Å². The van der Waals surface area contributed by atoms with Crippen LogP contribution >= 0.6 is 12.4 Å². The van der Waals surface area contributed by atoms with Crippen LogP contribution in [-0.4, -0.2) is 55.6 Å². The second-order valence-corrected chi connectivity index (χ2v) is 6.97. The van der Waals surface area contributed by atoms with Gasteiger partial charge in [-0.05, 0) is 38.6 Å². The molecule has 0 aromatic heterocycles. The van der Waals surface area contributed by atoms with Crippen LogP contribution in [0.5, 0.6) is 0 Å². The first-order valence-electron chi connectivity index (χ1n) is 8.70. The van der Waals surface area contributed by atoms with E-state index >= 15 is 0 Å². The molecule has 3 rings (SSSR count). The summed E-state index contributed by atoms with van der Waals surface area (Å²) < 4.78 is 0. The summed E-state index contributed by atoms with van der Waals surface area (Å²) in [5.41, 5.74) is -0.197. The van der Waals surface area contributed by atoms with Crippen molar-refractivity contribution in [3.05, 3.63) is 0 Å². The molecule has 7 heteroatoms. The standard InChI is InChI=1S/C16H28N4O2.ClH/c1-2-18-15(22)20-8-6-13(10-20)19-14(21)16-7-4-3-5-12(16)9-17-11-16;/h12-13,17H,2-11H2,1H3,(H,18,22)(H,19,21);1H/t12-,13?,16+;/m0./s1. The molecule has 2 aliphatic heterocycles. The summed E-state index contributed by atoms with van der Waals surface area (Å²) in [5, 5.41) is 9.48. The van der Waals surface area contributed by atoms with E-state index in [9.17, 15) is 9.59 Å². The van der Waals surface area contributed by atoms with E-state index in [1.807, 2.05) is 6.92 Å². The van der Waals surface area contributed by atoms with Crippen LogP contribution in [0.1, 0.15) is 39.0 Å². The van der Waals surface area contributed by atoms with E-state index < -0.39 is 0 Å². The number of carbonyl (C=O) groups is 2. The van der Waals surface area contributed by atoms with Crippen molar-refractivity contribution in [2.75, 3.05) is 32.7 Å². The van der Waals surface area contributed by atoms with E-state index in [1.54, 1.807) is 4.90 Å². The molecule has 0 spiro atoms. The largest absolute Gasteiger partial charge is 0.351 e. The highest BCUT2D eigenvalue weighted by molar-refractivity contribution is 5.85. The van der Waals surface area contributed by atoms with E-state index in [1.165, 1.54) is 6.42 Å². The van der Waals surface area contributed by atoms with Gasteiger partial charge in [0, 0.05) is 32.2 Å². The summed E-state index contributed by atoms with van der Waals surface area (Å²) in [6, 6.07) is 0.0862. The number of nitrogens with zero attached hydrogens (tertiary/aromatic N) is 1. The van der Waals surface area contributed by atoms with Gasteiger partial charge in [-0.25, -0.2) is 4.79 Å². The molecule has 0 bridgehead atoms. The van der Waals surface area contributed by atoms with Gasteiger partial charge >= 0.3 is 6.03 Å². The van der Waals surface area contributed by atoms with E-state index in [0.29, 0.717) is 19.0 Å². The summed E-state index contributed by atoms with van der Waals surface area (Å²) in [6.07, 6.45) is 5.42. The third-order valence-corrected chi connectivity index (χ3v) is 5.63. The summed E-state index contributed by atoms with van der Waals surface area (Å²) in [6.45, 7) is 5.71. The minimum absolute atomic E-state index is 0. The zero-order valence-electron chi connectivity index (χ0n) is 13.9. The van der Waals surface area contributed by atoms with Crippen molar-refractivity contribution in [1.82, 2.24) is 20.9 Å². The Labute approximate surface area is 144 Å². The summed E-state index contributed by atoms with van der Waals surface area (Å²) >= 11 is 0. The van der Waals surface area contributed by atoms with Gasteiger partial charge in [0.15, 0.2) is 0 Å². The van der Waals surface area contributed by atoms with E-state index in [4.69, 9.17) is 0 Å². The van der Waals surface area contributed by atoms with Crippen LogP contribution < -0.4 is 16.0 Å². The Morgan fingerprint density at radius 1 is 1.30 bits per heavy atom. The number of rotatable bonds is 3. The summed E-state index contributed by atoms with van der Waals surface area (Å²) in [7, 11) is 0. The first-order chi connectivity index (χ1) is 10.7. The SMILES string of the molecule is CCNC(=O)N1CCC(NC(=O)[C@@]23CCCC[C@H]2CNC3)C1.Cl. The van der Waals surface area contributed by atoms with Gasteiger partial charge in [-0.15, -0.1) is 12.4 Å². The third-order valence-electron chi connectivity index (χ3n) is 5.63. The molecule has 2 heterocycles. The average Bonchev–Trinajstić information content (AvgIpc) is 3.14. The molecule has 6 nitrogen and oxygen atoms in total. The predicted molar refractivity (Wildman–Crippen MR) is 91.7 cm³/mol. The Bertz CT molecular complexity index is 448. The van der Waals surface area contributed by atoms with Crippen molar-refractivity contribution in [1.29, 1.82) is 0 Å². The van der Waals surface area contributed by atoms with Crippen LogP contribution in [0.25, 0.3) is 0 Å². The Balaban J connectivity index is 0.00000192. The topological polar surface area (TPSA) is 73.5 Å². The fraction of sp³-hybridized carbons (Fsp3) is 0.875. The highest BCUT2D eigenvalue weighted by Gasteiger charge is 2.50. The van der Waals surface area contributed by atoms with Gasteiger partial charge in [-0.2, -0.15) is 0 Å². The molecule has 132 valence electrons. The highest BCUT2D eigenvalue weighted by Crippen LogP contribution is 2.44. The molecule has 0 aromatic rings. The Kier molecular flexibility index (Phi) is 6.14. The summed E-state index contributed by atoms with van der Waals surface area (Å²) in [4.78, 5) is 26.5. The van der Waals surface area contributed by atoms with Crippen LogP contribution in [0.4, 0.5) is 4.79 Å². The van der Waals surface area contributed by atoms with Gasteiger partial charge in [0.2, 0.25) is 5.91 Å². The van der Waals surface area contributed by atoms with Gasteiger partial charge in [-0.1, -0.05) is 12.8 Å². The minimum atomic E-state index is -0.197. The van der Waals surface area contributed by atoms with Crippen LogP contribution in [-0.2, 0) is 4.79 Å². The first-order valence-corrected chi connectivity index (χ1v) is 8.70. The van der Waals surface area contributed by atoms with E-state index in [2.05, 4.69) is 16.0 Å². The molecule has 0 radical (unpaired) electrons. The van der Waals surface area contributed by atoms with Crippen molar-refractivity contribution in [3.8, 4) is 0 Å². The number of hydrogen-bond acceptors (Lipinski definition) is 3. The fourth-order valence-electron chi connectivity index (χ4n) is 4.35. The number of nitrogens with one attached hydrogen (secondary N) is 3. The molecule has 1 unspecified atom stereocenters. The van der Waals surface area contributed by atoms with Gasteiger partial charge in [-0.3, -0.25) is 4.79 Å². The molecule has 1 aliphatic carbocycles. The third kappa shape index (κ3) is 3.58. The Morgan fingerprint density at radius 3 is 2.91 bits per heavy atom. The second-order valence-electron chi connectivity index (χ2n) is 6.97. The second kappa shape index (κ2) is 7.71. The molecule has 3 N–H and O–H groups in total. The van der Waals surface area contributed by atoms with E-state index in [-0.39, 0.29) is 35.8 Å². The number of urea groups is 1. The molecule has 3 fully saturated rings. The monoisotopic (exact) mass is 344 g/mol. The zero-order chi connectivity index (χ0) is 15.6. The van der Waals surface area contributed by atoms with Gasteiger partial charge in [0.1, 0.15) is 0 Å². The predicted octanol–water partition coefficient (Wildman–Crippen LogP) is 1.11. The first kappa shape index (κ1) is 18.3. The molecule has 1 saturated carbocycles. The smallest absolute Gasteiger partial charge is 0.317 e. The molecular formula is C16H29ClN4O2. The maximum Gasteiger partial charge on any atom is 0.317 e. The number of likely N-dealkylation sites (tertiary alicyclic amines) is 1. The maximum atomic E-state index is 12.9. The van der Waals surface area contributed by atoms with Crippen molar-refractivity contribution >= 4 is 24.3 Å². The molecule has 3 aliphatic rings. The molecule has 2 saturated heterocycles. The molecule has 23 heavy (non-hydrogen) atoms. The summed E-state index contributed by atoms with van der Waals surface area (Å²) in [5.74, 6) is 0.701. The number of fused-ring (bicyclic) bond motifs is 1. The Morgan fingerprint density at radius 2 is 2.13 bits per heavy atom. The van der Waals surface area contributed by atoms with Crippen molar-refractivity contribution < 1.29 is 9.59 Å². The van der Waals surface area contributed by atoms with Gasteiger partial charge < -0.3 is 20.9 Å². The Hall–Kier alpha value is -1.01. The van der Waals surface area contributed by atoms with Crippen molar-refractivity contribution in [2.45, 2.75) is 45.1 Å². The maximum absolute atomic E-state index is 12.9. The molecular weight excluding hydrogens is 316 g/mol.